The van der Waals surface area contributed by atoms with Crippen LogP contribution in [0.3, 0.4) is 0 Å². The van der Waals surface area contributed by atoms with Crippen LogP contribution in [-0.2, 0) is 6.54 Å². The molecule has 0 fully saturated rings. The number of halogens is 1. The number of nitrogens with one attached hydrogen (secondary N) is 1. The molecular weight excluding hydrogens is 340 g/mol. The number of rotatable bonds is 6. The lowest BCUT2D eigenvalue weighted by atomic mass is 10.1. The van der Waals surface area contributed by atoms with E-state index in [1.54, 1.807) is 23.5 Å². The van der Waals surface area contributed by atoms with E-state index in [2.05, 4.69) is 39.6 Å². The first kappa shape index (κ1) is 15.2. The zero-order valence-corrected chi connectivity index (χ0v) is 13.4. The van der Waals surface area contributed by atoms with Crippen LogP contribution >= 0.6 is 27.3 Å². The van der Waals surface area contributed by atoms with Crippen LogP contribution in [0.5, 0.6) is 0 Å². The van der Waals surface area contributed by atoms with Gasteiger partial charge in [0.15, 0.2) is 0 Å². The molecule has 0 bridgehead atoms. The summed E-state index contributed by atoms with van der Waals surface area (Å²) in [6.45, 7) is 2.82. The second kappa shape index (κ2) is 6.97. The number of non-ortho nitro benzene ring substituents is 1. The smallest absolute Gasteiger partial charge is 0.270 e. The van der Waals surface area contributed by atoms with E-state index < -0.39 is 0 Å². The van der Waals surface area contributed by atoms with Crippen molar-refractivity contribution >= 4 is 33.0 Å². The maximum absolute atomic E-state index is 10.7. The van der Waals surface area contributed by atoms with Gasteiger partial charge in [-0.3, -0.25) is 10.1 Å². The average molecular weight is 355 g/mol. The highest BCUT2D eigenvalue weighted by Crippen LogP contribution is 2.25. The Morgan fingerprint density at radius 1 is 1.45 bits per heavy atom. The molecule has 0 radical (unpaired) electrons. The molecule has 2 aromatic rings. The van der Waals surface area contributed by atoms with Gasteiger partial charge in [0.2, 0.25) is 0 Å². The fourth-order valence-electron chi connectivity index (χ4n) is 1.96. The number of nitro benzene ring substituents is 1. The Kier molecular flexibility index (Phi) is 5.28. The SMILES string of the molecule is CCC(NCc1ccc([N+](=O)[O-])cc1Br)c1cccs1. The van der Waals surface area contributed by atoms with Crippen molar-refractivity contribution in [3.63, 3.8) is 0 Å². The van der Waals surface area contributed by atoms with E-state index in [-0.39, 0.29) is 10.6 Å². The molecule has 1 atom stereocenters. The lowest BCUT2D eigenvalue weighted by Crippen LogP contribution is -2.19. The van der Waals surface area contributed by atoms with Gasteiger partial charge in [-0.2, -0.15) is 0 Å². The lowest BCUT2D eigenvalue weighted by Gasteiger charge is -2.16. The molecule has 1 aromatic carbocycles. The van der Waals surface area contributed by atoms with E-state index >= 15 is 0 Å². The first-order valence-electron chi connectivity index (χ1n) is 6.31. The quantitative estimate of drug-likeness (QED) is 0.606. The van der Waals surface area contributed by atoms with Crippen LogP contribution in [-0.4, -0.2) is 4.92 Å². The van der Waals surface area contributed by atoms with Gasteiger partial charge in [-0.1, -0.05) is 28.9 Å². The Hall–Kier alpha value is -1.24. The van der Waals surface area contributed by atoms with Gasteiger partial charge in [0, 0.05) is 34.1 Å². The normalized spacial score (nSPS) is 12.3. The van der Waals surface area contributed by atoms with Gasteiger partial charge in [-0.15, -0.1) is 11.3 Å². The molecule has 0 amide bonds. The highest BCUT2D eigenvalue weighted by molar-refractivity contribution is 9.10. The van der Waals surface area contributed by atoms with Crippen molar-refractivity contribution in [3.8, 4) is 0 Å². The molecule has 1 N–H and O–H groups in total. The molecular formula is C14H15BrN2O2S. The fourth-order valence-corrected chi connectivity index (χ4v) is 3.35. The van der Waals surface area contributed by atoms with E-state index in [4.69, 9.17) is 0 Å². The van der Waals surface area contributed by atoms with Crippen LogP contribution < -0.4 is 5.32 Å². The van der Waals surface area contributed by atoms with Gasteiger partial charge >= 0.3 is 0 Å². The number of thiophene rings is 1. The molecule has 0 aliphatic heterocycles. The van der Waals surface area contributed by atoms with Crippen LogP contribution in [0.2, 0.25) is 0 Å². The Labute approximate surface area is 130 Å². The van der Waals surface area contributed by atoms with Crippen molar-refractivity contribution in [2.75, 3.05) is 0 Å². The maximum atomic E-state index is 10.7. The van der Waals surface area contributed by atoms with Gasteiger partial charge < -0.3 is 5.32 Å². The Morgan fingerprint density at radius 2 is 2.25 bits per heavy atom. The second-order valence-corrected chi connectivity index (χ2v) is 6.22. The van der Waals surface area contributed by atoms with E-state index in [1.807, 2.05) is 6.07 Å². The summed E-state index contributed by atoms with van der Waals surface area (Å²) in [5, 5.41) is 16.3. The molecule has 0 aliphatic rings. The summed E-state index contributed by atoms with van der Waals surface area (Å²) in [6, 6.07) is 9.35. The monoisotopic (exact) mass is 354 g/mol. The zero-order chi connectivity index (χ0) is 14.5. The van der Waals surface area contributed by atoms with E-state index in [1.165, 1.54) is 10.9 Å². The second-order valence-electron chi connectivity index (χ2n) is 4.39. The summed E-state index contributed by atoms with van der Waals surface area (Å²) in [5.74, 6) is 0. The van der Waals surface area contributed by atoms with E-state index in [0.717, 1.165) is 16.5 Å². The van der Waals surface area contributed by atoms with Gasteiger partial charge in [-0.25, -0.2) is 0 Å². The minimum absolute atomic E-state index is 0.103. The number of benzene rings is 1. The molecule has 20 heavy (non-hydrogen) atoms. The molecule has 1 unspecified atom stereocenters. The molecule has 0 saturated carbocycles. The number of nitrogens with zero attached hydrogens (tertiary/aromatic N) is 1. The van der Waals surface area contributed by atoms with Crippen molar-refractivity contribution in [2.45, 2.75) is 25.9 Å². The van der Waals surface area contributed by atoms with Crippen LogP contribution in [0.4, 0.5) is 5.69 Å². The summed E-state index contributed by atoms with van der Waals surface area (Å²) in [7, 11) is 0. The Morgan fingerprint density at radius 3 is 2.80 bits per heavy atom. The third kappa shape index (κ3) is 3.65. The molecule has 0 spiro atoms. The number of nitro groups is 1. The molecule has 1 aromatic heterocycles. The van der Waals surface area contributed by atoms with Crippen LogP contribution in [0.15, 0.2) is 40.2 Å². The predicted molar refractivity (Wildman–Crippen MR) is 85.0 cm³/mol. The Balaban J connectivity index is 2.05. The van der Waals surface area contributed by atoms with Gasteiger partial charge in [0.1, 0.15) is 0 Å². The third-order valence-corrected chi connectivity index (χ3v) is 4.81. The van der Waals surface area contributed by atoms with Crippen LogP contribution in [0, 0.1) is 10.1 Å². The maximum Gasteiger partial charge on any atom is 0.270 e. The Bertz CT molecular complexity index is 587. The largest absolute Gasteiger partial charge is 0.305 e. The average Bonchev–Trinajstić information content (AvgIpc) is 2.95. The molecule has 1 heterocycles. The van der Waals surface area contributed by atoms with Gasteiger partial charge in [0.05, 0.1) is 4.92 Å². The number of hydrogen-bond acceptors (Lipinski definition) is 4. The minimum atomic E-state index is -0.386. The van der Waals surface area contributed by atoms with Gasteiger partial charge in [-0.05, 0) is 29.5 Å². The van der Waals surface area contributed by atoms with Crippen molar-refractivity contribution in [2.24, 2.45) is 0 Å². The summed E-state index contributed by atoms with van der Waals surface area (Å²) in [6.07, 6.45) is 1.01. The molecule has 6 heteroatoms. The van der Waals surface area contributed by atoms with Crippen molar-refractivity contribution in [1.29, 1.82) is 0 Å². The predicted octanol–water partition coefficient (Wildman–Crippen LogP) is 4.66. The molecule has 106 valence electrons. The van der Waals surface area contributed by atoms with Crippen LogP contribution in [0.1, 0.15) is 29.8 Å². The summed E-state index contributed by atoms with van der Waals surface area (Å²) in [5.41, 5.74) is 1.12. The standard InChI is InChI=1S/C14H15BrN2O2S/c1-2-13(14-4-3-7-20-14)16-9-10-5-6-11(17(18)19)8-12(10)15/h3-8,13,16H,2,9H2,1H3. The first-order valence-corrected chi connectivity index (χ1v) is 7.98. The first-order chi connectivity index (χ1) is 9.61. The zero-order valence-electron chi connectivity index (χ0n) is 11.0. The third-order valence-electron chi connectivity index (χ3n) is 3.08. The summed E-state index contributed by atoms with van der Waals surface area (Å²) in [4.78, 5) is 11.6. The minimum Gasteiger partial charge on any atom is -0.305 e. The molecule has 0 saturated heterocycles. The van der Waals surface area contributed by atoms with E-state index in [0.29, 0.717) is 12.6 Å². The summed E-state index contributed by atoms with van der Waals surface area (Å²) < 4.78 is 0.764. The van der Waals surface area contributed by atoms with Crippen molar-refractivity contribution in [1.82, 2.24) is 5.32 Å². The highest BCUT2D eigenvalue weighted by Gasteiger charge is 2.12. The lowest BCUT2D eigenvalue weighted by molar-refractivity contribution is -0.384. The molecule has 0 aliphatic carbocycles. The number of hydrogen-bond donors (Lipinski definition) is 1. The highest BCUT2D eigenvalue weighted by atomic mass is 79.9. The molecule has 4 nitrogen and oxygen atoms in total. The van der Waals surface area contributed by atoms with E-state index in [9.17, 15) is 10.1 Å². The van der Waals surface area contributed by atoms with Crippen molar-refractivity contribution in [3.05, 3.63) is 60.7 Å². The fraction of sp³-hybridized carbons (Fsp3) is 0.286. The van der Waals surface area contributed by atoms with Gasteiger partial charge in [0.25, 0.3) is 5.69 Å². The van der Waals surface area contributed by atoms with Crippen molar-refractivity contribution < 1.29 is 4.92 Å². The summed E-state index contributed by atoms with van der Waals surface area (Å²) >= 11 is 5.13. The molecule has 2 rings (SSSR count). The topological polar surface area (TPSA) is 55.2 Å². The van der Waals surface area contributed by atoms with Crippen LogP contribution in [0.25, 0.3) is 0 Å².